The van der Waals surface area contributed by atoms with Gasteiger partial charge in [-0.05, 0) is 55.0 Å². The number of benzene rings is 5. The van der Waals surface area contributed by atoms with E-state index in [4.69, 9.17) is 18.8 Å². The van der Waals surface area contributed by atoms with Gasteiger partial charge in [0.15, 0.2) is 6.17 Å². The van der Waals surface area contributed by atoms with Crippen LogP contribution in [0.1, 0.15) is 47.7 Å². The van der Waals surface area contributed by atoms with Crippen LogP contribution in [0.2, 0.25) is 0 Å². The highest BCUT2D eigenvalue weighted by Crippen LogP contribution is 2.42. The molecule has 0 saturated carbocycles. The zero-order valence-electron chi connectivity index (χ0n) is 26.2. The fourth-order valence-corrected chi connectivity index (χ4v) is 7.47. The van der Waals surface area contributed by atoms with Crippen molar-refractivity contribution in [2.24, 2.45) is 9.98 Å². The Bertz CT molecular complexity index is 2590. The second kappa shape index (κ2) is 10.8. The minimum absolute atomic E-state index is 0.465. The third-order valence-corrected chi connectivity index (χ3v) is 9.84. The molecule has 0 saturated heterocycles. The molecule has 0 radical (unpaired) electrons. The van der Waals surface area contributed by atoms with E-state index in [0.29, 0.717) is 0 Å². The molecule has 2 aliphatic carbocycles. The van der Waals surface area contributed by atoms with Crippen LogP contribution in [0.4, 0.5) is 0 Å². The first-order chi connectivity index (χ1) is 23.8. The molecule has 0 spiro atoms. The number of aryl methyl sites for hydroxylation is 1. The van der Waals surface area contributed by atoms with Gasteiger partial charge in [-0.1, -0.05) is 109 Å². The second-order valence-electron chi connectivity index (χ2n) is 12.7. The monoisotopic (exact) mass is 621 g/mol. The highest BCUT2D eigenvalue weighted by Gasteiger charge is 2.25. The van der Waals surface area contributed by atoms with Gasteiger partial charge in [0.05, 0.1) is 0 Å². The van der Waals surface area contributed by atoms with E-state index in [9.17, 15) is 0 Å². The predicted molar refractivity (Wildman–Crippen MR) is 197 cm³/mol. The Morgan fingerprint density at radius 1 is 0.604 bits per heavy atom. The number of furan rings is 2. The molecule has 48 heavy (non-hydrogen) atoms. The summed E-state index contributed by atoms with van der Waals surface area (Å²) in [6.07, 6.45) is 14.7. The minimum atomic E-state index is -0.465. The fourth-order valence-electron chi connectivity index (χ4n) is 7.47. The first-order valence-electron chi connectivity index (χ1n) is 16.7. The van der Waals surface area contributed by atoms with Crippen molar-refractivity contribution in [3.05, 3.63) is 149 Å². The molecule has 1 aliphatic heterocycles. The Labute approximate surface area is 277 Å². The number of allylic oxidation sites excluding steroid dienone is 3. The zero-order chi connectivity index (χ0) is 31.6. The third kappa shape index (κ3) is 4.31. The Kier molecular flexibility index (Phi) is 6.13. The van der Waals surface area contributed by atoms with Gasteiger partial charge in [-0.3, -0.25) is 0 Å². The van der Waals surface area contributed by atoms with Gasteiger partial charge in [-0.15, -0.1) is 0 Å². The maximum atomic E-state index is 6.86. The summed E-state index contributed by atoms with van der Waals surface area (Å²) in [5.74, 6) is 1.63. The molecule has 5 aromatic carbocycles. The lowest BCUT2D eigenvalue weighted by molar-refractivity contribution is 0.650. The number of aliphatic imine (C=N–C) groups is 2. The number of para-hydroxylation sites is 2. The van der Waals surface area contributed by atoms with Crippen molar-refractivity contribution in [3.63, 3.8) is 0 Å². The van der Waals surface area contributed by atoms with Crippen molar-refractivity contribution in [1.82, 2.24) is 5.32 Å². The molecule has 230 valence electrons. The smallest absolute Gasteiger partial charge is 0.173 e. The average Bonchev–Trinajstić information content (AvgIpc) is 3.74. The number of amidine groups is 2. The molecule has 1 atom stereocenters. The SMILES string of the molecule is C1=CC(C2=NC(c3cccc4c3oc3c(-c5ccc6c(c5)oc5c7c(ccc56)C=CCC7)cccc34)N=C(c3ccccc3)N2)=CCC1. The molecule has 5 heteroatoms. The molecular weight excluding hydrogens is 590 g/mol. The van der Waals surface area contributed by atoms with Crippen molar-refractivity contribution >= 4 is 61.6 Å². The number of rotatable bonds is 4. The molecule has 0 amide bonds. The topological polar surface area (TPSA) is 63.0 Å². The van der Waals surface area contributed by atoms with E-state index in [2.05, 4.69) is 115 Å². The zero-order valence-corrected chi connectivity index (χ0v) is 26.2. The van der Waals surface area contributed by atoms with Crippen molar-refractivity contribution in [2.45, 2.75) is 31.8 Å². The van der Waals surface area contributed by atoms with Crippen LogP contribution in [-0.4, -0.2) is 11.7 Å². The lowest BCUT2D eigenvalue weighted by Gasteiger charge is -2.23. The second-order valence-corrected chi connectivity index (χ2v) is 12.7. The van der Waals surface area contributed by atoms with E-state index in [0.717, 1.165) is 104 Å². The number of nitrogens with zero attached hydrogens (tertiary/aromatic N) is 2. The van der Waals surface area contributed by atoms with E-state index in [-0.39, 0.29) is 0 Å². The molecular formula is C43H31N3O2. The van der Waals surface area contributed by atoms with Crippen LogP contribution in [0, 0.1) is 0 Å². The first-order valence-corrected chi connectivity index (χ1v) is 16.7. The van der Waals surface area contributed by atoms with Crippen LogP contribution in [0.3, 0.4) is 0 Å². The van der Waals surface area contributed by atoms with E-state index in [1.165, 1.54) is 16.5 Å². The van der Waals surface area contributed by atoms with E-state index in [1.54, 1.807) is 0 Å². The summed E-state index contributed by atoms with van der Waals surface area (Å²) in [5.41, 5.74) is 11.3. The summed E-state index contributed by atoms with van der Waals surface area (Å²) < 4.78 is 13.4. The largest absolute Gasteiger partial charge is 0.456 e. The maximum Gasteiger partial charge on any atom is 0.173 e. The number of hydrogen-bond donors (Lipinski definition) is 1. The van der Waals surface area contributed by atoms with E-state index >= 15 is 0 Å². The van der Waals surface area contributed by atoms with Crippen LogP contribution in [0.15, 0.2) is 146 Å². The summed E-state index contributed by atoms with van der Waals surface area (Å²) in [4.78, 5) is 10.3. The van der Waals surface area contributed by atoms with Crippen LogP contribution in [0.25, 0.3) is 61.1 Å². The molecule has 2 aromatic heterocycles. The molecule has 1 N–H and O–H groups in total. The average molecular weight is 622 g/mol. The van der Waals surface area contributed by atoms with Crippen LogP contribution >= 0.6 is 0 Å². The van der Waals surface area contributed by atoms with Gasteiger partial charge in [0.25, 0.3) is 0 Å². The van der Waals surface area contributed by atoms with Crippen molar-refractivity contribution < 1.29 is 8.83 Å². The van der Waals surface area contributed by atoms with Crippen LogP contribution < -0.4 is 5.32 Å². The highest BCUT2D eigenvalue weighted by atomic mass is 16.3. The lowest BCUT2D eigenvalue weighted by atomic mass is 9.95. The van der Waals surface area contributed by atoms with Gasteiger partial charge in [-0.25, -0.2) is 9.98 Å². The van der Waals surface area contributed by atoms with Crippen molar-refractivity contribution in [1.29, 1.82) is 0 Å². The van der Waals surface area contributed by atoms with Crippen LogP contribution in [0.5, 0.6) is 0 Å². The number of hydrogen-bond acceptors (Lipinski definition) is 5. The van der Waals surface area contributed by atoms with Gasteiger partial charge < -0.3 is 14.2 Å². The predicted octanol–water partition coefficient (Wildman–Crippen LogP) is 10.8. The quantitative estimate of drug-likeness (QED) is 0.213. The summed E-state index contributed by atoms with van der Waals surface area (Å²) in [6.45, 7) is 0. The van der Waals surface area contributed by atoms with Gasteiger partial charge in [0.1, 0.15) is 34.0 Å². The Hall–Kier alpha value is -5.94. The lowest BCUT2D eigenvalue weighted by Crippen LogP contribution is -2.36. The maximum absolute atomic E-state index is 6.86. The number of nitrogens with one attached hydrogen (secondary N) is 1. The summed E-state index contributed by atoms with van der Waals surface area (Å²) in [7, 11) is 0. The Balaban J connectivity index is 1.12. The van der Waals surface area contributed by atoms with E-state index < -0.39 is 6.17 Å². The van der Waals surface area contributed by atoms with Crippen molar-refractivity contribution in [3.8, 4) is 11.1 Å². The molecule has 7 aromatic rings. The summed E-state index contributed by atoms with van der Waals surface area (Å²) in [6, 6.07) is 33.9. The van der Waals surface area contributed by atoms with Gasteiger partial charge in [0, 0.05) is 49.4 Å². The van der Waals surface area contributed by atoms with Gasteiger partial charge in [-0.2, -0.15) is 0 Å². The first kappa shape index (κ1) is 27.2. The molecule has 0 fully saturated rings. The van der Waals surface area contributed by atoms with Crippen molar-refractivity contribution in [2.75, 3.05) is 0 Å². The molecule has 5 nitrogen and oxygen atoms in total. The van der Waals surface area contributed by atoms with Gasteiger partial charge >= 0.3 is 0 Å². The standard InChI is InChI=1S/C43H31N3O2/c1-3-12-27(13-4-1)41-44-42(28-14-5-2-6-15-28)46-43(45-41)36-20-10-19-34-33-18-9-17-31(39(33)48-40(34)36)29-22-23-32-35-24-21-26-11-7-8-16-30(26)38(35)47-37(32)25-29/h1,3-5,7,9-15,17-25,43H,2,6,8,16H2,(H,44,45,46). The third-order valence-electron chi connectivity index (χ3n) is 9.84. The van der Waals surface area contributed by atoms with Gasteiger partial charge in [0.2, 0.25) is 0 Å². The summed E-state index contributed by atoms with van der Waals surface area (Å²) >= 11 is 0. The van der Waals surface area contributed by atoms with Crippen LogP contribution in [-0.2, 0) is 6.42 Å². The molecule has 1 unspecified atom stereocenters. The number of fused-ring (bicyclic) bond motifs is 8. The van der Waals surface area contributed by atoms with E-state index in [1.807, 2.05) is 18.2 Å². The Morgan fingerprint density at radius 2 is 1.42 bits per heavy atom. The minimum Gasteiger partial charge on any atom is -0.456 e. The normalized spacial score (nSPS) is 17.4. The summed E-state index contributed by atoms with van der Waals surface area (Å²) in [5, 5.41) is 7.96. The molecule has 0 bridgehead atoms. The fraction of sp³-hybridized carbons (Fsp3) is 0.116. The molecule has 3 aliphatic rings. The Morgan fingerprint density at radius 3 is 2.31 bits per heavy atom. The molecule has 3 heterocycles. The molecule has 10 rings (SSSR count). The highest BCUT2D eigenvalue weighted by molar-refractivity contribution is 6.17.